The molecule has 2 atom stereocenters. The number of rotatable bonds is 5. The molecule has 0 spiro atoms. The van der Waals surface area contributed by atoms with Gasteiger partial charge in [0.15, 0.2) is 0 Å². The van der Waals surface area contributed by atoms with E-state index >= 15 is 0 Å². The van der Waals surface area contributed by atoms with Crippen LogP contribution in [0.5, 0.6) is 0 Å². The summed E-state index contributed by atoms with van der Waals surface area (Å²) in [6, 6.07) is 14.4. The topological polar surface area (TPSA) is 12.9 Å². The molecule has 0 saturated heterocycles. The van der Waals surface area contributed by atoms with Crippen LogP contribution in [-0.4, -0.2) is 4.98 Å². The molecule has 0 radical (unpaired) electrons. The molecule has 0 N–H and O–H groups in total. The molecule has 0 aliphatic heterocycles. The lowest BCUT2D eigenvalue weighted by Gasteiger charge is -2.25. The highest BCUT2D eigenvalue weighted by molar-refractivity contribution is 6.30. The van der Waals surface area contributed by atoms with Crippen molar-refractivity contribution in [1.29, 1.82) is 0 Å². The van der Waals surface area contributed by atoms with Crippen molar-refractivity contribution in [3.8, 4) is 0 Å². The van der Waals surface area contributed by atoms with Gasteiger partial charge in [-0.2, -0.15) is 0 Å². The molecule has 2 aromatic rings. The van der Waals surface area contributed by atoms with Gasteiger partial charge in [-0.3, -0.25) is 4.98 Å². The number of pyridine rings is 1. The number of hydrogen-bond donors (Lipinski definition) is 0. The van der Waals surface area contributed by atoms with Crippen molar-refractivity contribution >= 4 is 11.6 Å². The van der Waals surface area contributed by atoms with Crippen LogP contribution in [0.15, 0.2) is 48.7 Å². The van der Waals surface area contributed by atoms with E-state index in [1.165, 1.54) is 11.3 Å². The highest BCUT2D eigenvalue weighted by Crippen LogP contribution is 2.37. The second-order valence-corrected chi connectivity index (χ2v) is 5.27. The molecule has 0 bridgehead atoms. The molecule has 0 aliphatic carbocycles. The number of nitrogens with zero attached hydrogens (tertiary/aromatic N) is 1. The summed E-state index contributed by atoms with van der Waals surface area (Å²) in [6.45, 7) is 4.47. The second kappa shape index (κ2) is 6.72. The monoisotopic (exact) mass is 273 g/mol. The molecule has 0 aliphatic rings. The van der Waals surface area contributed by atoms with Crippen LogP contribution in [0.3, 0.4) is 0 Å². The van der Waals surface area contributed by atoms with E-state index in [0.717, 1.165) is 17.9 Å². The van der Waals surface area contributed by atoms with Gasteiger partial charge in [0.1, 0.15) is 0 Å². The van der Waals surface area contributed by atoms with Crippen molar-refractivity contribution in [2.75, 3.05) is 0 Å². The van der Waals surface area contributed by atoms with E-state index in [1.807, 2.05) is 24.4 Å². The van der Waals surface area contributed by atoms with E-state index in [9.17, 15) is 0 Å². The molecule has 0 unspecified atom stereocenters. The first-order chi connectivity index (χ1) is 9.26. The van der Waals surface area contributed by atoms with Crippen molar-refractivity contribution in [2.24, 2.45) is 0 Å². The SMILES string of the molecule is CC[C@H](c1ccc(Cl)cc1)[C@@H](CC)c1ccccn1. The van der Waals surface area contributed by atoms with Crippen LogP contribution in [0.25, 0.3) is 0 Å². The van der Waals surface area contributed by atoms with Crippen LogP contribution in [0, 0.1) is 0 Å². The minimum Gasteiger partial charge on any atom is -0.261 e. The normalized spacial score (nSPS) is 14.1. The lowest BCUT2D eigenvalue weighted by molar-refractivity contribution is 0.500. The highest BCUT2D eigenvalue weighted by atomic mass is 35.5. The fourth-order valence-corrected chi connectivity index (χ4v) is 2.88. The Morgan fingerprint density at radius 2 is 1.63 bits per heavy atom. The van der Waals surface area contributed by atoms with Gasteiger partial charge in [0, 0.05) is 22.8 Å². The van der Waals surface area contributed by atoms with Crippen molar-refractivity contribution < 1.29 is 0 Å². The fraction of sp³-hybridized carbons (Fsp3) is 0.353. The maximum Gasteiger partial charge on any atom is 0.0440 e. The Balaban J connectivity index is 2.31. The summed E-state index contributed by atoms with van der Waals surface area (Å²) in [7, 11) is 0. The van der Waals surface area contributed by atoms with Gasteiger partial charge in [0.2, 0.25) is 0 Å². The van der Waals surface area contributed by atoms with Crippen LogP contribution in [0.2, 0.25) is 5.02 Å². The molecule has 1 nitrogen and oxygen atoms in total. The zero-order valence-electron chi connectivity index (χ0n) is 11.5. The zero-order valence-corrected chi connectivity index (χ0v) is 12.3. The Morgan fingerprint density at radius 3 is 2.16 bits per heavy atom. The summed E-state index contributed by atoms with van der Waals surface area (Å²) in [5.41, 5.74) is 2.54. The molecular formula is C17H20ClN. The molecule has 1 heterocycles. The van der Waals surface area contributed by atoms with Crippen molar-refractivity contribution in [3.05, 3.63) is 64.9 Å². The Hall–Kier alpha value is -1.34. The van der Waals surface area contributed by atoms with Crippen molar-refractivity contribution in [1.82, 2.24) is 4.98 Å². The average Bonchev–Trinajstić information content (AvgIpc) is 2.47. The van der Waals surface area contributed by atoms with E-state index < -0.39 is 0 Å². The summed E-state index contributed by atoms with van der Waals surface area (Å²) in [5, 5.41) is 0.796. The van der Waals surface area contributed by atoms with E-state index in [4.69, 9.17) is 11.6 Å². The smallest absolute Gasteiger partial charge is 0.0440 e. The van der Waals surface area contributed by atoms with E-state index in [-0.39, 0.29) is 0 Å². The molecule has 0 fully saturated rings. The lowest BCUT2D eigenvalue weighted by Crippen LogP contribution is -2.11. The summed E-state index contributed by atoms with van der Waals surface area (Å²) >= 11 is 5.98. The number of halogens is 1. The van der Waals surface area contributed by atoms with Crippen LogP contribution in [-0.2, 0) is 0 Å². The minimum atomic E-state index is 0.465. The van der Waals surface area contributed by atoms with Crippen molar-refractivity contribution in [2.45, 2.75) is 38.5 Å². The van der Waals surface area contributed by atoms with Crippen LogP contribution < -0.4 is 0 Å². The standard InChI is InChI=1S/C17H20ClN/c1-3-15(13-8-10-14(18)11-9-13)16(4-2)17-7-5-6-12-19-17/h5-12,15-16H,3-4H2,1-2H3/t15-,16-/m1/s1. The summed E-state index contributed by atoms with van der Waals surface area (Å²) in [5.74, 6) is 0.963. The van der Waals surface area contributed by atoms with Crippen molar-refractivity contribution in [3.63, 3.8) is 0 Å². The summed E-state index contributed by atoms with van der Waals surface area (Å²) in [4.78, 5) is 4.54. The largest absolute Gasteiger partial charge is 0.261 e. The van der Waals surface area contributed by atoms with Gasteiger partial charge in [0.25, 0.3) is 0 Å². The first-order valence-corrected chi connectivity index (χ1v) is 7.30. The molecule has 19 heavy (non-hydrogen) atoms. The zero-order chi connectivity index (χ0) is 13.7. The molecular weight excluding hydrogens is 254 g/mol. The van der Waals surface area contributed by atoms with Gasteiger partial charge in [-0.1, -0.05) is 43.6 Å². The molecule has 2 heteroatoms. The van der Waals surface area contributed by atoms with Gasteiger partial charge in [-0.05, 0) is 48.6 Å². The van der Waals surface area contributed by atoms with Gasteiger partial charge >= 0.3 is 0 Å². The highest BCUT2D eigenvalue weighted by Gasteiger charge is 2.22. The van der Waals surface area contributed by atoms with E-state index in [1.54, 1.807) is 0 Å². The quantitative estimate of drug-likeness (QED) is 0.708. The molecule has 0 amide bonds. The number of benzene rings is 1. The summed E-state index contributed by atoms with van der Waals surface area (Å²) < 4.78 is 0. The number of hydrogen-bond acceptors (Lipinski definition) is 1. The molecule has 1 aromatic carbocycles. The third kappa shape index (κ3) is 3.36. The first kappa shape index (κ1) is 14.1. The van der Waals surface area contributed by atoms with Gasteiger partial charge < -0.3 is 0 Å². The van der Waals surface area contributed by atoms with Crippen LogP contribution in [0.4, 0.5) is 0 Å². The third-order valence-corrected chi connectivity index (χ3v) is 3.98. The van der Waals surface area contributed by atoms with E-state index in [0.29, 0.717) is 11.8 Å². The Bertz CT molecular complexity index is 492. The molecule has 2 rings (SSSR count). The summed E-state index contributed by atoms with van der Waals surface area (Å²) in [6.07, 6.45) is 4.08. The van der Waals surface area contributed by atoms with Gasteiger partial charge in [0.05, 0.1) is 0 Å². The molecule has 0 saturated carbocycles. The maximum atomic E-state index is 5.98. The fourth-order valence-electron chi connectivity index (χ4n) is 2.76. The maximum absolute atomic E-state index is 5.98. The third-order valence-electron chi connectivity index (χ3n) is 3.73. The second-order valence-electron chi connectivity index (χ2n) is 4.84. The molecule has 100 valence electrons. The Kier molecular flexibility index (Phi) is 4.98. The lowest BCUT2D eigenvalue weighted by atomic mass is 9.80. The van der Waals surface area contributed by atoms with Crippen LogP contribution in [0.1, 0.15) is 49.8 Å². The average molecular weight is 274 g/mol. The van der Waals surface area contributed by atoms with Gasteiger partial charge in [-0.25, -0.2) is 0 Å². The Labute approximate surface area is 120 Å². The number of aromatic nitrogens is 1. The Morgan fingerprint density at radius 1 is 0.947 bits per heavy atom. The first-order valence-electron chi connectivity index (χ1n) is 6.92. The van der Waals surface area contributed by atoms with E-state index in [2.05, 4.69) is 43.1 Å². The predicted molar refractivity (Wildman–Crippen MR) is 81.8 cm³/mol. The van der Waals surface area contributed by atoms with Crippen LogP contribution >= 0.6 is 11.6 Å². The van der Waals surface area contributed by atoms with Gasteiger partial charge in [-0.15, -0.1) is 0 Å². The predicted octanol–water partition coefficient (Wildman–Crippen LogP) is 5.42. The molecule has 1 aromatic heterocycles. The minimum absolute atomic E-state index is 0.465.